The number of carbonyl (C=O) groups is 3. The number of nitrogens with zero attached hydrogens (tertiary/aromatic N) is 1. The molecule has 3 aromatic rings. The SMILES string of the molecule is Cc1ccc(NC(=O)COc2cccc(/C=N\NC(=O)C(=O)Nc3ccc(C)c(C)c3)c2)cc1C. The molecule has 0 atom stereocenters. The van der Waals surface area contributed by atoms with E-state index in [0.717, 1.165) is 22.3 Å². The quantitative estimate of drug-likeness (QED) is 0.274. The van der Waals surface area contributed by atoms with E-state index in [4.69, 9.17) is 4.74 Å². The van der Waals surface area contributed by atoms with Crippen LogP contribution in [0.4, 0.5) is 11.4 Å². The van der Waals surface area contributed by atoms with Crippen molar-refractivity contribution in [3.8, 4) is 5.75 Å². The Morgan fingerprint density at radius 1 is 0.771 bits per heavy atom. The molecule has 3 rings (SSSR count). The average Bonchev–Trinajstić information content (AvgIpc) is 2.82. The molecule has 0 spiro atoms. The third-order valence-electron chi connectivity index (χ3n) is 5.37. The summed E-state index contributed by atoms with van der Waals surface area (Å²) in [4.78, 5) is 36.3. The highest BCUT2D eigenvalue weighted by Crippen LogP contribution is 2.16. The third-order valence-corrected chi connectivity index (χ3v) is 5.37. The molecule has 0 saturated carbocycles. The molecule has 8 nitrogen and oxygen atoms in total. The highest BCUT2D eigenvalue weighted by Gasteiger charge is 2.13. The van der Waals surface area contributed by atoms with Crippen LogP contribution in [0.15, 0.2) is 65.8 Å². The Labute approximate surface area is 204 Å². The van der Waals surface area contributed by atoms with Crippen LogP contribution in [-0.2, 0) is 14.4 Å². The van der Waals surface area contributed by atoms with Gasteiger partial charge < -0.3 is 15.4 Å². The van der Waals surface area contributed by atoms with Gasteiger partial charge in [0.1, 0.15) is 5.75 Å². The first-order chi connectivity index (χ1) is 16.7. The van der Waals surface area contributed by atoms with E-state index < -0.39 is 11.8 Å². The van der Waals surface area contributed by atoms with E-state index >= 15 is 0 Å². The highest BCUT2D eigenvalue weighted by molar-refractivity contribution is 6.39. The number of nitrogens with one attached hydrogen (secondary N) is 3. The number of amides is 3. The minimum atomic E-state index is -0.894. The van der Waals surface area contributed by atoms with Gasteiger partial charge in [0.2, 0.25) is 0 Å². The van der Waals surface area contributed by atoms with E-state index in [1.54, 1.807) is 36.4 Å². The highest BCUT2D eigenvalue weighted by atomic mass is 16.5. The molecule has 3 amide bonds. The Morgan fingerprint density at radius 2 is 1.40 bits per heavy atom. The summed E-state index contributed by atoms with van der Waals surface area (Å²) in [5.41, 5.74) is 8.38. The molecule has 0 aliphatic carbocycles. The van der Waals surface area contributed by atoms with Crippen molar-refractivity contribution >= 4 is 35.3 Å². The predicted octanol–water partition coefficient (Wildman–Crippen LogP) is 4.03. The van der Waals surface area contributed by atoms with Crippen molar-refractivity contribution in [3.05, 3.63) is 88.5 Å². The minimum absolute atomic E-state index is 0.164. The Kier molecular flexibility index (Phi) is 8.34. The summed E-state index contributed by atoms with van der Waals surface area (Å²) in [5.74, 6) is -1.54. The van der Waals surface area contributed by atoms with Gasteiger partial charge in [0.25, 0.3) is 5.91 Å². The summed E-state index contributed by atoms with van der Waals surface area (Å²) >= 11 is 0. The van der Waals surface area contributed by atoms with Crippen molar-refractivity contribution < 1.29 is 19.1 Å². The fourth-order valence-corrected chi connectivity index (χ4v) is 3.07. The molecular weight excluding hydrogens is 444 g/mol. The van der Waals surface area contributed by atoms with Gasteiger partial charge in [0.15, 0.2) is 6.61 Å². The van der Waals surface area contributed by atoms with Gasteiger partial charge in [-0.3, -0.25) is 14.4 Å². The van der Waals surface area contributed by atoms with Crippen molar-refractivity contribution in [1.29, 1.82) is 0 Å². The maximum atomic E-state index is 12.2. The summed E-state index contributed by atoms with van der Waals surface area (Å²) < 4.78 is 5.56. The number of hydrogen-bond donors (Lipinski definition) is 3. The first-order valence-corrected chi connectivity index (χ1v) is 11.0. The summed E-state index contributed by atoms with van der Waals surface area (Å²) in [7, 11) is 0. The Bertz CT molecular complexity index is 1280. The summed E-state index contributed by atoms with van der Waals surface area (Å²) in [6.45, 7) is 7.71. The van der Waals surface area contributed by atoms with Gasteiger partial charge in [-0.05, 0) is 91.9 Å². The van der Waals surface area contributed by atoms with Gasteiger partial charge in [-0.1, -0.05) is 24.3 Å². The fourth-order valence-electron chi connectivity index (χ4n) is 3.07. The standard InChI is InChI=1S/C27H28N4O4/c1-17-8-10-22(12-19(17)3)29-25(32)16-35-24-7-5-6-21(14-24)15-28-31-27(34)26(33)30-23-11-9-18(2)20(4)13-23/h5-15H,16H2,1-4H3,(H,29,32)(H,30,33)(H,31,34)/b28-15-. The molecule has 0 aliphatic rings. The second-order valence-electron chi connectivity index (χ2n) is 8.16. The molecule has 3 aromatic carbocycles. The summed E-state index contributed by atoms with van der Waals surface area (Å²) in [6.07, 6.45) is 1.38. The summed E-state index contributed by atoms with van der Waals surface area (Å²) in [6, 6.07) is 17.9. The van der Waals surface area contributed by atoms with E-state index in [1.807, 2.05) is 52.0 Å². The second kappa shape index (κ2) is 11.6. The van der Waals surface area contributed by atoms with Crippen LogP contribution in [-0.4, -0.2) is 30.5 Å². The van der Waals surface area contributed by atoms with E-state index in [1.165, 1.54) is 6.21 Å². The Hall–Kier alpha value is -4.46. The maximum Gasteiger partial charge on any atom is 0.329 e. The van der Waals surface area contributed by atoms with Crippen LogP contribution in [0, 0.1) is 27.7 Å². The molecule has 8 heteroatoms. The van der Waals surface area contributed by atoms with E-state index in [0.29, 0.717) is 22.7 Å². The van der Waals surface area contributed by atoms with Gasteiger partial charge in [-0.15, -0.1) is 0 Å². The minimum Gasteiger partial charge on any atom is -0.484 e. The smallest absolute Gasteiger partial charge is 0.329 e. The van der Waals surface area contributed by atoms with Crippen LogP contribution in [0.2, 0.25) is 0 Å². The Balaban J connectivity index is 1.48. The molecule has 0 saturated heterocycles. The van der Waals surface area contributed by atoms with Gasteiger partial charge in [-0.2, -0.15) is 5.10 Å². The molecule has 0 radical (unpaired) electrons. The van der Waals surface area contributed by atoms with Crippen LogP contribution in [0.3, 0.4) is 0 Å². The van der Waals surface area contributed by atoms with Gasteiger partial charge in [-0.25, -0.2) is 5.43 Å². The monoisotopic (exact) mass is 472 g/mol. The van der Waals surface area contributed by atoms with Gasteiger partial charge >= 0.3 is 11.8 Å². The van der Waals surface area contributed by atoms with Crippen LogP contribution < -0.4 is 20.8 Å². The number of carbonyl (C=O) groups excluding carboxylic acids is 3. The number of hydrogen-bond acceptors (Lipinski definition) is 5. The lowest BCUT2D eigenvalue weighted by atomic mass is 10.1. The summed E-state index contributed by atoms with van der Waals surface area (Å²) in [5, 5.41) is 9.16. The van der Waals surface area contributed by atoms with Crippen molar-refractivity contribution in [2.75, 3.05) is 17.2 Å². The third kappa shape index (κ3) is 7.53. The lowest BCUT2D eigenvalue weighted by Crippen LogP contribution is -2.32. The molecule has 0 unspecified atom stereocenters. The number of hydrazone groups is 1. The molecule has 35 heavy (non-hydrogen) atoms. The molecule has 180 valence electrons. The molecule has 3 N–H and O–H groups in total. The molecule has 0 heterocycles. The lowest BCUT2D eigenvalue weighted by Gasteiger charge is -2.09. The first kappa shape index (κ1) is 25.2. The fraction of sp³-hybridized carbons (Fsp3) is 0.185. The first-order valence-electron chi connectivity index (χ1n) is 11.0. The van der Waals surface area contributed by atoms with Crippen LogP contribution in [0.5, 0.6) is 5.75 Å². The van der Waals surface area contributed by atoms with Crippen molar-refractivity contribution in [1.82, 2.24) is 5.43 Å². The predicted molar refractivity (Wildman–Crippen MR) is 137 cm³/mol. The molecule has 0 bridgehead atoms. The number of benzene rings is 3. The molecule has 0 fully saturated rings. The zero-order valence-corrected chi connectivity index (χ0v) is 20.1. The van der Waals surface area contributed by atoms with E-state index in [9.17, 15) is 14.4 Å². The number of aryl methyl sites for hydroxylation is 4. The zero-order chi connectivity index (χ0) is 25.4. The lowest BCUT2D eigenvalue weighted by molar-refractivity contribution is -0.136. The average molecular weight is 473 g/mol. The topological polar surface area (TPSA) is 109 Å². The molecule has 0 aromatic heterocycles. The van der Waals surface area contributed by atoms with Crippen molar-refractivity contribution in [3.63, 3.8) is 0 Å². The Morgan fingerprint density at radius 3 is 2.03 bits per heavy atom. The molecule has 0 aliphatic heterocycles. The zero-order valence-electron chi connectivity index (χ0n) is 20.1. The van der Waals surface area contributed by atoms with Gasteiger partial charge in [0.05, 0.1) is 6.21 Å². The van der Waals surface area contributed by atoms with E-state index in [2.05, 4.69) is 21.2 Å². The van der Waals surface area contributed by atoms with Crippen molar-refractivity contribution in [2.45, 2.75) is 27.7 Å². The largest absolute Gasteiger partial charge is 0.484 e. The maximum absolute atomic E-state index is 12.2. The second-order valence-corrected chi connectivity index (χ2v) is 8.16. The van der Waals surface area contributed by atoms with Crippen LogP contribution >= 0.6 is 0 Å². The van der Waals surface area contributed by atoms with Crippen LogP contribution in [0.25, 0.3) is 0 Å². The normalized spacial score (nSPS) is 10.6. The van der Waals surface area contributed by atoms with Gasteiger partial charge in [0, 0.05) is 11.4 Å². The van der Waals surface area contributed by atoms with Crippen molar-refractivity contribution in [2.24, 2.45) is 5.10 Å². The number of ether oxygens (including phenoxy) is 1. The number of rotatable bonds is 7. The molecular formula is C27H28N4O4. The number of anilines is 2. The van der Waals surface area contributed by atoms with E-state index in [-0.39, 0.29) is 12.5 Å². The van der Waals surface area contributed by atoms with Crippen LogP contribution in [0.1, 0.15) is 27.8 Å².